The SMILES string of the molecule is CCc1cc(CC)c(NC(N)=NC(N)=NC)c(CC)c1. The van der Waals surface area contributed by atoms with Crippen LogP contribution in [0, 0.1) is 0 Å². The number of aliphatic imine (C=N–C) groups is 2. The molecule has 0 bridgehead atoms. The van der Waals surface area contributed by atoms with Crippen molar-refractivity contribution >= 4 is 17.6 Å². The molecule has 0 saturated carbocycles. The fourth-order valence-corrected chi connectivity index (χ4v) is 2.09. The third-order valence-electron chi connectivity index (χ3n) is 3.25. The van der Waals surface area contributed by atoms with Gasteiger partial charge in [-0.25, -0.2) is 0 Å². The van der Waals surface area contributed by atoms with Gasteiger partial charge in [0.15, 0.2) is 0 Å². The maximum atomic E-state index is 5.88. The molecule has 1 aromatic carbocycles. The molecule has 1 rings (SSSR count). The highest BCUT2D eigenvalue weighted by molar-refractivity contribution is 6.01. The number of aryl methyl sites for hydroxylation is 3. The van der Waals surface area contributed by atoms with Crippen molar-refractivity contribution in [3.8, 4) is 0 Å². The van der Waals surface area contributed by atoms with Crippen LogP contribution in [0.1, 0.15) is 37.5 Å². The molecule has 5 heteroatoms. The molecule has 1 aromatic rings. The van der Waals surface area contributed by atoms with Crippen molar-refractivity contribution in [3.63, 3.8) is 0 Å². The summed E-state index contributed by atoms with van der Waals surface area (Å²) in [6.45, 7) is 6.43. The van der Waals surface area contributed by atoms with E-state index in [1.807, 2.05) is 0 Å². The van der Waals surface area contributed by atoms with Gasteiger partial charge in [0, 0.05) is 12.7 Å². The molecule has 0 atom stereocenters. The molecular formula is C15H25N5. The van der Waals surface area contributed by atoms with Crippen LogP contribution in [0.15, 0.2) is 22.1 Å². The smallest absolute Gasteiger partial charge is 0.218 e. The molecule has 0 aromatic heterocycles. The van der Waals surface area contributed by atoms with Crippen LogP contribution >= 0.6 is 0 Å². The second-order valence-corrected chi connectivity index (χ2v) is 4.55. The van der Waals surface area contributed by atoms with Crippen molar-refractivity contribution in [3.05, 3.63) is 28.8 Å². The Bertz CT molecular complexity index is 492. The molecule has 20 heavy (non-hydrogen) atoms. The van der Waals surface area contributed by atoms with E-state index in [4.69, 9.17) is 11.5 Å². The van der Waals surface area contributed by atoms with Gasteiger partial charge in [-0.3, -0.25) is 4.99 Å². The molecule has 0 heterocycles. The summed E-state index contributed by atoms with van der Waals surface area (Å²) in [6.07, 6.45) is 2.90. The fraction of sp³-hybridized carbons (Fsp3) is 0.467. The Morgan fingerprint density at radius 3 is 2.00 bits per heavy atom. The second-order valence-electron chi connectivity index (χ2n) is 4.55. The fourth-order valence-electron chi connectivity index (χ4n) is 2.09. The average molecular weight is 275 g/mol. The summed E-state index contributed by atoms with van der Waals surface area (Å²) in [5.74, 6) is 0.429. The zero-order valence-electron chi connectivity index (χ0n) is 12.8. The summed E-state index contributed by atoms with van der Waals surface area (Å²) >= 11 is 0. The molecule has 5 N–H and O–H groups in total. The van der Waals surface area contributed by atoms with Gasteiger partial charge in [0.1, 0.15) is 0 Å². The Labute approximate surface area is 121 Å². The number of hydrogen-bond acceptors (Lipinski definition) is 1. The standard InChI is InChI=1S/C15H25N5/c1-5-10-8-11(6-2)13(12(7-3)9-10)19-15(17)20-14(16)18-4/h8-9H,5-7H2,1-4H3,(H5,16,17,18,19,20). The normalized spacial score (nSPS) is 12.6. The molecule has 0 aliphatic rings. The van der Waals surface area contributed by atoms with E-state index in [9.17, 15) is 0 Å². The van der Waals surface area contributed by atoms with Crippen LogP contribution in [-0.2, 0) is 19.3 Å². The predicted octanol–water partition coefficient (Wildman–Crippen LogP) is 2.04. The van der Waals surface area contributed by atoms with Crippen LogP contribution in [0.4, 0.5) is 5.69 Å². The summed E-state index contributed by atoms with van der Waals surface area (Å²) < 4.78 is 0. The molecule has 0 saturated heterocycles. The van der Waals surface area contributed by atoms with Crippen LogP contribution in [0.2, 0.25) is 0 Å². The van der Waals surface area contributed by atoms with Crippen LogP contribution in [0.3, 0.4) is 0 Å². The number of rotatable bonds is 4. The highest BCUT2D eigenvalue weighted by Gasteiger charge is 2.09. The first-order valence-electron chi connectivity index (χ1n) is 7.03. The van der Waals surface area contributed by atoms with Gasteiger partial charge in [0.25, 0.3) is 0 Å². The largest absolute Gasteiger partial charge is 0.369 e. The van der Waals surface area contributed by atoms with Gasteiger partial charge in [-0.15, -0.1) is 0 Å². The number of benzene rings is 1. The molecule has 5 nitrogen and oxygen atoms in total. The molecule has 0 aliphatic carbocycles. The lowest BCUT2D eigenvalue weighted by Gasteiger charge is -2.16. The summed E-state index contributed by atoms with van der Waals surface area (Å²) in [5, 5.41) is 3.16. The topological polar surface area (TPSA) is 88.8 Å². The Balaban J connectivity index is 3.19. The Morgan fingerprint density at radius 2 is 1.60 bits per heavy atom. The lowest BCUT2D eigenvalue weighted by molar-refractivity contribution is 1.05. The zero-order valence-corrected chi connectivity index (χ0v) is 12.8. The Morgan fingerprint density at radius 1 is 1.05 bits per heavy atom. The number of nitrogens with one attached hydrogen (secondary N) is 1. The third-order valence-corrected chi connectivity index (χ3v) is 3.25. The highest BCUT2D eigenvalue weighted by atomic mass is 15.2. The minimum atomic E-state index is 0.163. The van der Waals surface area contributed by atoms with Crippen molar-refractivity contribution < 1.29 is 0 Å². The first-order valence-corrected chi connectivity index (χ1v) is 7.03. The van der Waals surface area contributed by atoms with Crippen LogP contribution in [0.25, 0.3) is 0 Å². The monoisotopic (exact) mass is 275 g/mol. The van der Waals surface area contributed by atoms with E-state index in [0.717, 1.165) is 24.9 Å². The maximum Gasteiger partial charge on any atom is 0.218 e. The maximum absolute atomic E-state index is 5.88. The number of nitrogens with two attached hydrogens (primary N) is 2. The zero-order chi connectivity index (χ0) is 15.1. The van der Waals surface area contributed by atoms with Gasteiger partial charge in [-0.1, -0.05) is 32.9 Å². The molecule has 0 radical (unpaired) electrons. The minimum Gasteiger partial charge on any atom is -0.369 e. The van der Waals surface area contributed by atoms with E-state index < -0.39 is 0 Å². The molecular weight excluding hydrogens is 250 g/mol. The van der Waals surface area contributed by atoms with E-state index in [1.54, 1.807) is 7.05 Å². The van der Waals surface area contributed by atoms with E-state index in [0.29, 0.717) is 0 Å². The van der Waals surface area contributed by atoms with Crippen molar-refractivity contribution in [1.82, 2.24) is 0 Å². The summed E-state index contributed by atoms with van der Waals surface area (Å²) in [6, 6.07) is 4.43. The molecule has 0 amide bonds. The van der Waals surface area contributed by atoms with Gasteiger partial charge in [0.2, 0.25) is 11.9 Å². The van der Waals surface area contributed by atoms with Gasteiger partial charge in [-0.05, 0) is 36.0 Å². The minimum absolute atomic E-state index is 0.163. The Kier molecular flexibility index (Phi) is 6.03. The lowest BCUT2D eigenvalue weighted by Crippen LogP contribution is -2.27. The van der Waals surface area contributed by atoms with E-state index in [1.165, 1.54) is 16.7 Å². The average Bonchev–Trinajstić information content (AvgIpc) is 2.46. The quantitative estimate of drug-likeness (QED) is 0.580. The highest BCUT2D eigenvalue weighted by Crippen LogP contribution is 2.25. The van der Waals surface area contributed by atoms with Crippen molar-refractivity contribution in [1.29, 1.82) is 0 Å². The number of anilines is 1. The van der Waals surface area contributed by atoms with E-state index in [2.05, 4.69) is 48.2 Å². The summed E-state index contributed by atoms with van der Waals surface area (Å²) in [7, 11) is 1.58. The summed E-state index contributed by atoms with van der Waals surface area (Å²) in [5.41, 5.74) is 16.3. The van der Waals surface area contributed by atoms with E-state index >= 15 is 0 Å². The van der Waals surface area contributed by atoms with Gasteiger partial charge in [-0.2, -0.15) is 4.99 Å². The van der Waals surface area contributed by atoms with Crippen LogP contribution in [0.5, 0.6) is 0 Å². The second kappa shape index (κ2) is 7.53. The lowest BCUT2D eigenvalue weighted by atomic mass is 9.98. The first kappa shape index (κ1) is 16.0. The summed E-state index contributed by atoms with van der Waals surface area (Å²) in [4.78, 5) is 7.76. The first-order chi connectivity index (χ1) is 9.55. The van der Waals surface area contributed by atoms with Crippen molar-refractivity contribution in [2.75, 3.05) is 12.4 Å². The number of guanidine groups is 2. The predicted molar refractivity (Wildman–Crippen MR) is 87.4 cm³/mol. The van der Waals surface area contributed by atoms with Crippen LogP contribution < -0.4 is 16.8 Å². The van der Waals surface area contributed by atoms with Crippen LogP contribution in [-0.4, -0.2) is 19.0 Å². The molecule has 0 spiro atoms. The molecule has 0 unspecified atom stereocenters. The van der Waals surface area contributed by atoms with Crippen molar-refractivity contribution in [2.45, 2.75) is 40.0 Å². The van der Waals surface area contributed by atoms with E-state index in [-0.39, 0.29) is 11.9 Å². The van der Waals surface area contributed by atoms with Gasteiger partial charge in [0.05, 0.1) is 0 Å². The Hall–Kier alpha value is -2.04. The third kappa shape index (κ3) is 3.98. The van der Waals surface area contributed by atoms with Gasteiger partial charge >= 0.3 is 0 Å². The van der Waals surface area contributed by atoms with Crippen molar-refractivity contribution in [2.24, 2.45) is 21.5 Å². The van der Waals surface area contributed by atoms with Gasteiger partial charge < -0.3 is 16.8 Å². The molecule has 0 aliphatic heterocycles. The number of nitrogens with zero attached hydrogens (tertiary/aromatic N) is 2. The number of hydrogen-bond donors (Lipinski definition) is 3. The molecule has 110 valence electrons. The molecule has 0 fully saturated rings.